The molecule has 0 saturated heterocycles. The summed E-state index contributed by atoms with van der Waals surface area (Å²) in [4.78, 5) is 20.7. The Hall–Kier alpha value is 0.316. The van der Waals surface area contributed by atoms with Crippen LogP contribution >= 0.6 is 0 Å². The second-order valence-electron chi connectivity index (χ2n) is 2.76. The summed E-state index contributed by atoms with van der Waals surface area (Å²) in [5, 5.41) is 18.8. The first kappa shape index (κ1) is 16.7. The van der Waals surface area contributed by atoms with Crippen LogP contribution in [0.2, 0.25) is 0 Å². The van der Waals surface area contributed by atoms with Crippen LogP contribution in [0.15, 0.2) is 12.2 Å². The van der Waals surface area contributed by atoms with Crippen molar-refractivity contribution in [1.82, 2.24) is 0 Å². The molecule has 74 valence electrons. The number of carbonyl (C=O) groups excluding carboxylic acids is 1. The SMILES string of the molecule is C/C=C/CCC(CC(=O)[O-])C(=O)O.[K+]. The molecule has 0 aromatic rings. The molecular weight excluding hydrogens is 211 g/mol. The van der Waals surface area contributed by atoms with E-state index in [9.17, 15) is 14.7 Å². The Morgan fingerprint density at radius 2 is 2.07 bits per heavy atom. The minimum atomic E-state index is -1.31. The van der Waals surface area contributed by atoms with Crippen LogP contribution in [-0.4, -0.2) is 17.0 Å². The zero-order chi connectivity index (χ0) is 10.3. The molecule has 0 bridgehead atoms. The molecule has 0 aromatic carbocycles. The van der Waals surface area contributed by atoms with Crippen LogP contribution in [0.5, 0.6) is 0 Å². The summed E-state index contributed by atoms with van der Waals surface area (Å²) in [5.41, 5.74) is 0. The van der Waals surface area contributed by atoms with Crippen molar-refractivity contribution in [1.29, 1.82) is 0 Å². The van der Waals surface area contributed by atoms with Crippen molar-refractivity contribution in [3.05, 3.63) is 12.2 Å². The Bertz CT molecular complexity index is 213. The number of hydrogen-bond donors (Lipinski definition) is 1. The van der Waals surface area contributed by atoms with Gasteiger partial charge in [0.2, 0.25) is 0 Å². The molecule has 0 aliphatic rings. The zero-order valence-electron chi connectivity index (χ0n) is 8.53. The third-order valence-electron chi connectivity index (χ3n) is 1.68. The molecule has 1 N–H and O–H groups in total. The molecule has 0 rings (SSSR count). The second-order valence-corrected chi connectivity index (χ2v) is 2.76. The molecule has 0 heterocycles. The number of carboxylic acids is 2. The molecule has 5 heteroatoms. The number of allylic oxidation sites excluding steroid dienone is 2. The summed E-state index contributed by atoms with van der Waals surface area (Å²) in [7, 11) is 0. The van der Waals surface area contributed by atoms with Crippen molar-refractivity contribution in [3.8, 4) is 0 Å². The molecule has 0 amide bonds. The first-order valence-electron chi connectivity index (χ1n) is 4.11. The Morgan fingerprint density at radius 1 is 1.50 bits per heavy atom. The Labute approximate surface area is 126 Å². The van der Waals surface area contributed by atoms with Gasteiger partial charge in [-0.1, -0.05) is 12.2 Å². The molecule has 14 heavy (non-hydrogen) atoms. The molecule has 1 unspecified atom stereocenters. The fourth-order valence-electron chi connectivity index (χ4n) is 0.978. The van der Waals surface area contributed by atoms with E-state index in [4.69, 9.17) is 5.11 Å². The molecule has 4 nitrogen and oxygen atoms in total. The van der Waals surface area contributed by atoms with E-state index in [1.54, 1.807) is 6.08 Å². The third-order valence-corrected chi connectivity index (χ3v) is 1.68. The monoisotopic (exact) mass is 224 g/mol. The smallest absolute Gasteiger partial charge is 0.550 e. The van der Waals surface area contributed by atoms with Gasteiger partial charge in [0, 0.05) is 12.4 Å². The Kier molecular flexibility index (Phi) is 11.8. The van der Waals surface area contributed by atoms with E-state index in [1.807, 2.05) is 13.0 Å². The standard InChI is InChI=1S/C9H14O4.K/c1-2-3-4-5-7(9(12)13)6-8(10)11;/h2-3,7H,4-6H2,1H3,(H,10,11)(H,12,13);/q;+1/p-1/b3-2+;. The normalized spacial score (nSPS) is 12.1. The van der Waals surface area contributed by atoms with Crippen LogP contribution in [0.4, 0.5) is 0 Å². The first-order valence-corrected chi connectivity index (χ1v) is 4.11. The van der Waals surface area contributed by atoms with Crippen molar-refractivity contribution in [2.75, 3.05) is 0 Å². The molecule has 1 atom stereocenters. The van der Waals surface area contributed by atoms with Crippen LogP contribution in [0.25, 0.3) is 0 Å². The van der Waals surface area contributed by atoms with Gasteiger partial charge in [-0.15, -0.1) is 0 Å². The van der Waals surface area contributed by atoms with Crippen LogP contribution in [0, 0.1) is 5.92 Å². The van der Waals surface area contributed by atoms with Gasteiger partial charge in [0.25, 0.3) is 0 Å². The van der Waals surface area contributed by atoms with Gasteiger partial charge in [-0.25, -0.2) is 0 Å². The summed E-state index contributed by atoms with van der Waals surface area (Å²) in [5.74, 6) is -3.22. The van der Waals surface area contributed by atoms with Crippen LogP contribution < -0.4 is 56.5 Å². The Balaban J connectivity index is 0. The molecule has 0 saturated carbocycles. The molecular formula is C9H13KO4. The fraction of sp³-hybridized carbons (Fsp3) is 0.556. The van der Waals surface area contributed by atoms with E-state index < -0.39 is 24.3 Å². The number of carbonyl (C=O) groups is 2. The fourth-order valence-corrected chi connectivity index (χ4v) is 0.978. The van der Waals surface area contributed by atoms with E-state index in [1.165, 1.54) is 0 Å². The number of aliphatic carboxylic acids is 2. The summed E-state index contributed by atoms with van der Waals surface area (Å²) in [6, 6.07) is 0. The van der Waals surface area contributed by atoms with E-state index >= 15 is 0 Å². The van der Waals surface area contributed by atoms with Crippen molar-refractivity contribution in [3.63, 3.8) is 0 Å². The van der Waals surface area contributed by atoms with E-state index in [-0.39, 0.29) is 51.4 Å². The van der Waals surface area contributed by atoms with Gasteiger partial charge in [0.05, 0.1) is 5.92 Å². The summed E-state index contributed by atoms with van der Waals surface area (Å²) in [6.07, 6.45) is 4.13. The molecule has 0 spiro atoms. The van der Waals surface area contributed by atoms with E-state index in [2.05, 4.69) is 0 Å². The third kappa shape index (κ3) is 8.89. The summed E-state index contributed by atoms with van der Waals surface area (Å²) < 4.78 is 0. The zero-order valence-corrected chi connectivity index (χ0v) is 11.6. The average molecular weight is 224 g/mol. The number of carboxylic acid groups (broad SMARTS) is 2. The van der Waals surface area contributed by atoms with Crippen LogP contribution in [-0.2, 0) is 9.59 Å². The summed E-state index contributed by atoms with van der Waals surface area (Å²) in [6.45, 7) is 1.83. The summed E-state index contributed by atoms with van der Waals surface area (Å²) >= 11 is 0. The van der Waals surface area contributed by atoms with Gasteiger partial charge in [0.1, 0.15) is 0 Å². The van der Waals surface area contributed by atoms with Gasteiger partial charge in [0.15, 0.2) is 0 Å². The maximum atomic E-state index is 10.5. The second kappa shape index (κ2) is 9.86. The minimum Gasteiger partial charge on any atom is -0.550 e. The number of hydrogen-bond acceptors (Lipinski definition) is 3. The van der Waals surface area contributed by atoms with Gasteiger partial charge < -0.3 is 15.0 Å². The molecule has 0 fully saturated rings. The molecule has 0 aliphatic heterocycles. The van der Waals surface area contributed by atoms with Crippen molar-refractivity contribution in [2.24, 2.45) is 5.92 Å². The van der Waals surface area contributed by atoms with Crippen LogP contribution in [0.1, 0.15) is 26.2 Å². The molecule has 0 aliphatic carbocycles. The topological polar surface area (TPSA) is 77.4 Å². The van der Waals surface area contributed by atoms with Gasteiger partial charge >= 0.3 is 57.4 Å². The predicted octanol–water partition coefficient (Wildman–Crippen LogP) is -2.81. The quantitative estimate of drug-likeness (QED) is 0.390. The van der Waals surface area contributed by atoms with E-state index in [0.717, 1.165) is 0 Å². The van der Waals surface area contributed by atoms with Gasteiger partial charge in [-0.2, -0.15) is 0 Å². The first-order chi connectivity index (χ1) is 6.07. The van der Waals surface area contributed by atoms with Crippen molar-refractivity contribution in [2.45, 2.75) is 26.2 Å². The van der Waals surface area contributed by atoms with Gasteiger partial charge in [-0.3, -0.25) is 4.79 Å². The Morgan fingerprint density at radius 3 is 2.43 bits per heavy atom. The van der Waals surface area contributed by atoms with Crippen LogP contribution in [0.3, 0.4) is 0 Å². The number of rotatable bonds is 6. The molecule has 0 aromatic heterocycles. The predicted molar refractivity (Wildman–Crippen MR) is 44.8 cm³/mol. The maximum absolute atomic E-state index is 10.5. The van der Waals surface area contributed by atoms with Crippen molar-refractivity contribution < 1.29 is 71.2 Å². The largest absolute Gasteiger partial charge is 1.00 e. The maximum Gasteiger partial charge on any atom is 1.00 e. The average Bonchev–Trinajstić information content (AvgIpc) is 2.02. The van der Waals surface area contributed by atoms with Crippen molar-refractivity contribution >= 4 is 11.9 Å². The van der Waals surface area contributed by atoms with E-state index in [0.29, 0.717) is 12.8 Å². The molecule has 0 radical (unpaired) electrons. The van der Waals surface area contributed by atoms with Gasteiger partial charge in [-0.05, 0) is 19.8 Å². The minimum absolute atomic E-state index is 0.